The number of hydrogen-bond donors (Lipinski definition) is 1. The molecular weight excluding hydrogens is 392 g/mol. The minimum Gasteiger partial charge on any atom is -0.467 e. The van der Waals surface area contributed by atoms with Crippen molar-refractivity contribution in [3.8, 4) is 0 Å². The van der Waals surface area contributed by atoms with Crippen LogP contribution in [0.5, 0.6) is 0 Å². The molecule has 6 heteroatoms. The highest BCUT2D eigenvalue weighted by molar-refractivity contribution is 5.95. The summed E-state index contributed by atoms with van der Waals surface area (Å²) in [6.07, 6.45) is 3.32. The molecule has 2 heterocycles. The Bertz CT molecular complexity index is 1190. The van der Waals surface area contributed by atoms with E-state index in [2.05, 4.69) is 5.32 Å². The maximum absolute atomic E-state index is 13.2. The van der Waals surface area contributed by atoms with Crippen molar-refractivity contribution in [3.63, 3.8) is 0 Å². The van der Waals surface area contributed by atoms with E-state index in [1.165, 1.54) is 4.90 Å². The first-order valence-electron chi connectivity index (χ1n) is 10.1. The Morgan fingerprint density at radius 1 is 0.968 bits per heavy atom. The molecule has 4 rings (SSSR count). The number of para-hydroxylation sites is 1. The van der Waals surface area contributed by atoms with Crippen molar-refractivity contribution >= 4 is 28.5 Å². The summed E-state index contributed by atoms with van der Waals surface area (Å²) in [5, 5.41) is 3.75. The van der Waals surface area contributed by atoms with Crippen LogP contribution in [-0.2, 0) is 22.6 Å². The molecule has 0 atom stereocenters. The molecule has 2 aromatic carbocycles. The molecule has 0 radical (unpaired) electrons. The Hall–Kier alpha value is -3.80. The lowest BCUT2D eigenvalue weighted by Gasteiger charge is -2.21. The van der Waals surface area contributed by atoms with Gasteiger partial charge >= 0.3 is 0 Å². The minimum absolute atomic E-state index is 0.0810. The molecule has 6 nitrogen and oxygen atoms in total. The van der Waals surface area contributed by atoms with Crippen LogP contribution in [0.3, 0.4) is 0 Å². The summed E-state index contributed by atoms with van der Waals surface area (Å²) in [6, 6.07) is 16.7. The normalized spacial score (nSPS) is 10.9. The zero-order valence-electron chi connectivity index (χ0n) is 17.6. The van der Waals surface area contributed by atoms with E-state index in [4.69, 9.17) is 8.83 Å². The summed E-state index contributed by atoms with van der Waals surface area (Å²) in [4.78, 5) is 27.3. The summed E-state index contributed by atoms with van der Waals surface area (Å²) >= 11 is 0. The summed E-state index contributed by atoms with van der Waals surface area (Å²) < 4.78 is 11.1. The number of carbonyl (C=O) groups excluding carboxylic acids is 2. The fourth-order valence-corrected chi connectivity index (χ4v) is 3.52. The second kappa shape index (κ2) is 8.92. The largest absolute Gasteiger partial charge is 0.467 e. The van der Waals surface area contributed by atoms with E-state index in [-0.39, 0.29) is 31.3 Å². The zero-order chi connectivity index (χ0) is 21.8. The third kappa shape index (κ3) is 4.69. The van der Waals surface area contributed by atoms with Crippen LogP contribution < -0.4 is 5.32 Å². The Balaban J connectivity index is 1.52. The summed E-state index contributed by atoms with van der Waals surface area (Å²) in [5.74, 6) is 0.166. The van der Waals surface area contributed by atoms with Gasteiger partial charge in [0.05, 0.1) is 25.5 Å². The van der Waals surface area contributed by atoms with E-state index in [9.17, 15) is 9.59 Å². The third-order valence-electron chi connectivity index (χ3n) is 5.35. The lowest BCUT2D eigenvalue weighted by atomic mass is 10.0. The number of nitrogens with zero attached hydrogens (tertiary/aromatic N) is 1. The van der Waals surface area contributed by atoms with Crippen LogP contribution in [0.15, 0.2) is 76.0 Å². The zero-order valence-corrected chi connectivity index (χ0v) is 17.6. The van der Waals surface area contributed by atoms with Gasteiger partial charge in [0.1, 0.15) is 17.9 Å². The first-order chi connectivity index (χ1) is 15.0. The topological polar surface area (TPSA) is 75.7 Å². The highest BCUT2D eigenvalue weighted by Crippen LogP contribution is 2.27. The van der Waals surface area contributed by atoms with Crippen LogP contribution in [0.4, 0.5) is 5.69 Å². The second-order valence-corrected chi connectivity index (χ2v) is 7.57. The van der Waals surface area contributed by atoms with Crippen LogP contribution in [0.25, 0.3) is 11.0 Å². The minimum atomic E-state index is -0.269. The van der Waals surface area contributed by atoms with Gasteiger partial charge in [-0.3, -0.25) is 9.59 Å². The lowest BCUT2D eigenvalue weighted by molar-refractivity contribution is -0.134. The number of nitrogens with one attached hydrogen (secondary N) is 1. The van der Waals surface area contributed by atoms with Crippen LogP contribution in [-0.4, -0.2) is 23.3 Å². The number of fused-ring (bicyclic) bond motifs is 1. The number of hydrogen-bond acceptors (Lipinski definition) is 4. The Morgan fingerprint density at radius 2 is 1.77 bits per heavy atom. The molecule has 0 saturated heterocycles. The molecular formula is C25H24N2O4. The van der Waals surface area contributed by atoms with E-state index in [1.807, 2.05) is 44.2 Å². The van der Waals surface area contributed by atoms with E-state index in [0.29, 0.717) is 11.4 Å². The van der Waals surface area contributed by atoms with Crippen molar-refractivity contribution < 1.29 is 18.4 Å². The van der Waals surface area contributed by atoms with E-state index >= 15 is 0 Å². The molecule has 1 N–H and O–H groups in total. The smallest absolute Gasteiger partial charge is 0.244 e. The van der Waals surface area contributed by atoms with Gasteiger partial charge in [0.25, 0.3) is 0 Å². The van der Waals surface area contributed by atoms with Crippen LogP contribution >= 0.6 is 0 Å². The summed E-state index contributed by atoms with van der Waals surface area (Å²) in [6.45, 7) is 4.16. The van der Waals surface area contributed by atoms with Gasteiger partial charge in [-0.05, 0) is 49.2 Å². The maximum Gasteiger partial charge on any atom is 0.244 e. The van der Waals surface area contributed by atoms with Crippen molar-refractivity contribution in [2.75, 3.05) is 11.9 Å². The fourth-order valence-electron chi connectivity index (χ4n) is 3.52. The predicted molar refractivity (Wildman–Crippen MR) is 119 cm³/mol. The molecule has 4 aromatic rings. The lowest BCUT2D eigenvalue weighted by Crippen LogP contribution is -2.38. The SMILES string of the molecule is Cc1ccc2c(CC(=O)N(CC(=O)Nc3ccccc3)Cc3ccco3)coc2c1C. The fraction of sp³-hybridized carbons (Fsp3) is 0.200. The molecule has 31 heavy (non-hydrogen) atoms. The van der Waals surface area contributed by atoms with Crippen LogP contribution in [0, 0.1) is 13.8 Å². The first kappa shape index (κ1) is 20.5. The van der Waals surface area contributed by atoms with Crippen molar-refractivity contribution in [2.45, 2.75) is 26.8 Å². The average molecular weight is 416 g/mol. The van der Waals surface area contributed by atoms with Gasteiger partial charge in [-0.2, -0.15) is 0 Å². The highest BCUT2D eigenvalue weighted by atomic mass is 16.3. The van der Waals surface area contributed by atoms with E-state index in [1.54, 1.807) is 36.8 Å². The molecule has 0 saturated carbocycles. The van der Waals surface area contributed by atoms with E-state index < -0.39 is 0 Å². The Morgan fingerprint density at radius 3 is 2.52 bits per heavy atom. The quantitative estimate of drug-likeness (QED) is 0.467. The standard InChI is InChI=1S/C25H24N2O4/c1-17-10-11-22-19(16-31-25(22)18(17)2)13-24(29)27(14-21-9-6-12-30-21)15-23(28)26-20-7-4-3-5-8-20/h3-12,16H,13-15H2,1-2H3,(H,26,28). The molecule has 2 aromatic heterocycles. The van der Waals surface area contributed by atoms with Gasteiger partial charge in [0.15, 0.2) is 0 Å². The molecule has 0 unspecified atom stereocenters. The van der Waals surface area contributed by atoms with Crippen molar-refractivity contribution in [1.82, 2.24) is 4.90 Å². The predicted octanol–water partition coefficient (Wildman–Crippen LogP) is 4.85. The van der Waals surface area contributed by atoms with Crippen molar-refractivity contribution in [2.24, 2.45) is 0 Å². The molecule has 158 valence electrons. The number of amides is 2. The summed E-state index contributed by atoms with van der Waals surface area (Å²) in [5.41, 5.74) is 4.48. The van der Waals surface area contributed by atoms with Gasteiger partial charge in [-0.15, -0.1) is 0 Å². The van der Waals surface area contributed by atoms with Gasteiger partial charge in [-0.25, -0.2) is 0 Å². The molecule has 0 aliphatic carbocycles. The number of rotatable bonds is 7. The monoisotopic (exact) mass is 416 g/mol. The average Bonchev–Trinajstić information content (AvgIpc) is 3.41. The van der Waals surface area contributed by atoms with Gasteiger partial charge < -0.3 is 19.1 Å². The number of benzene rings is 2. The molecule has 0 aliphatic rings. The summed E-state index contributed by atoms with van der Waals surface area (Å²) in [7, 11) is 0. The second-order valence-electron chi connectivity index (χ2n) is 7.57. The van der Waals surface area contributed by atoms with Crippen molar-refractivity contribution in [3.05, 3.63) is 89.6 Å². The highest BCUT2D eigenvalue weighted by Gasteiger charge is 2.21. The van der Waals surface area contributed by atoms with E-state index in [0.717, 1.165) is 27.7 Å². The van der Waals surface area contributed by atoms with Gasteiger partial charge in [-0.1, -0.05) is 30.3 Å². The third-order valence-corrected chi connectivity index (χ3v) is 5.35. The van der Waals surface area contributed by atoms with Gasteiger partial charge in [0, 0.05) is 16.6 Å². The van der Waals surface area contributed by atoms with Crippen LogP contribution in [0.1, 0.15) is 22.5 Å². The number of aryl methyl sites for hydroxylation is 2. The first-order valence-corrected chi connectivity index (χ1v) is 10.1. The molecule has 0 bridgehead atoms. The Kier molecular flexibility index (Phi) is 5.89. The van der Waals surface area contributed by atoms with Crippen molar-refractivity contribution in [1.29, 1.82) is 0 Å². The molecule has 0 aliphatic heterocycles. The van der Waals surface area contributed by atoms with Crippen LogP contribution in [0.2, 0.25) is 0 Å². The number of carbonyl (C=O) groups is 2. The number of anilines is 1. The van der Waals surface area contributed by atoms with Gasteiger partial charge in [0.2, 0.25) is 11.8 Å². The maximum atomic E-state index is 13.2. The molecule has 0 spiro atoms. The Labute approximate surface area is 180 Å². The molecule has 2 amide bonds. The number of furan rings is 2. The molecule has 0 fully saturated rings.